The van der Waals surface area contributed by atoms with E-state index in [2.05, 4.69) is 11.1 Å². The summed E-state index contributed by atoms with van der Waals surface area (Å²) in [5.41, 5.74) is -5.21. The Hall–Kier alpha value is -3.83. The molecule has 1 aromatic carbocycles. The van der Waals surface area contributed by atoms with E-state index in [0.717, 1.165) is 25.0 Å². The SMILES string of the molecule is CCC(=O)OC1C(OC2C(C)C(OC3CC(C)(OC)C(O)C(C)O3)C(C)C(=O)OC(CC)C(C)(O)C(O)C(C)C(=O)C(C)CC2(C)O)OC(C)CC1N(C)C.CCCCCCCCCCCCOS(=O)(=O)O.O=C(O)c1cc(O)c(O)c(O)c1. The van der Waals surface area contributed by atoms with Gasteiger partial charge in [0, 0.05) is 37.7 Å². The molecule has 25 heteroatoms. The van der Waals surface area contributed by atoms with Gasteiger partial charge in [-0.2, -0.15) is 8.42 Å². The summed E-state index contributed by atoms with van der Waals surface area (Å²) in [7, 11) is 0.973. The first-order chi connectivity index (χ1) is 38.9. The van der Waals surface area contributed by atoms with Crippen LogP contribution in [0.25, 0.3) is 0 Å². The van der Waals surface area contributed by atoms with Crippen LogP contribution >= 0.6 is 0 Å². The zero-order chi connectivity index (χ0) is 64.2. The van der Waals surface area contributed by atoms with Crippen molar-refractivity contribution in [3.63, 3.8) is 0 Å². The number of nitrogens with zero attached hydrogens (tertiary/aromatic N) is 1. The van der Waals surface area contributed by atoms with Crippen molar-refractivity contribution in [3.05, 3.63) is 17.7 Å². The predicted molar refractivity (Wildman–Crippen MR) is 308 cm³/mol. The molecule has 3 aliphatic heterocycles. The number of cyclic esters (lactones) is 1. The number of esters is 2. The first-order valence-corrected chi connectivity index (χ1v) is 31.0. The van der Waals surface area contributed by atoms with E-state index in [1.54, 1.807) is 48.5 Å². The van der Waals surface area contributed by atoms with E-state index in [4.69, 9.17) is 58.1 Å². The number of carbonyl (C=O) groups excluding carboxylic acids is 3. The number of ether oxygens (including phenoxy) is 7. The second kappa shape index (κ2) is 34.6. The summed E-state index contributed by atoms with van der Waals surface area (Å²) in [4.78, 5) is 53.2. The smallest absolute Gasteiger partial charge is 0.397 e. The van der Waals surface area contributed by atoms with E-state index < -0.39 is 147 Å². The lowest BCUT2D eigenvalue weighted by Crippen LogP contribution is -2.61. The molecule has 1 aromatic rings. The number of phenols is 3. The number of aliphatic hydroxyl groups excluding tert-OH is 2. The van der Waals surface area contributed by atoms with E-state index in [9.17, 15) is 48.0 Å². The molecule has 4 rings (SSSR count). The summed E-state index contributed by atoms with van der Waals surface area (Å²) in [6.07, 6.45) is 2.17. The molecule has 3 fully saturated rings. The minimum Gasteiger partial charge on any atom is -0.504 e. The fraction of sp³-hybridized carbons (Fsp3) is 0.831. The number of hydrogen-bond acceptors (Lipinski definition) is 22. The number of phenolic OH excluding ortho intramolecular Hbond substituents is 3. The van der Waals surface area contributed by atoms with Crippen molar-refractivity contribution < 1.29 is 110 Å². The Bertz CT molecular complexity index is 2280. The molecular formula is C59H103NO23S. The lowest BCUT2D eigenvalue weighted by atomic mass is 9.74. The van der Waals surface area contributed by atoms with Crippen LogP contribution in [0, 0.1) is 23.7 Å². The van der Waals surface area contributed by atoms with Gasteiger partial charge in [-0.1, -0.05) is 99.3 Å². The first-order valence-electron chi connectivity index (χ1n) is 29.6. The number of methoxy groups -OCH3 is 1. The van der Waals surface area contributed by atoms with E-state index in [0.29, 0.717) is 12.8 Å². The second-order valence-corrected chi connectivity index (χ2v) is 25.0. The standard InChI is InChI=1S/C40H71NO14.C12H26O4S.C7H6O5/c1-15-27-40(11,48)33(44)22(5)30(43)20(3)18-38(9,47)35(55-37-32(53-28(42)16-2)26(41(12)13)17-21(4)50-37)23(6)31(24(7)36(46)52-27)54-29-19-39(10,49-14)34(45)25(8)51-29;1-2-3-4-5-6-7-8-9-10-11-12-16-17(13,14)15;8-4-1-3(7(11)12)2-5(9)6(4)10/h20-27,29,31-35,37,44-45,47-48H,15-19H2,1-14H3;2-12H2,1H3,(H,13,14,15);1-2,8-10H,(H,11,12). The van der Waals surface area contributed by atoms with Gasteiger partial charge < -0.3 is 78.9 Å². The van der Waals surface area contributed by atoms with Crippen LogP contribution in [0.4, 0.5) is 0 Å². The Labute approximate surface area is 497 Å². The molecule has 18 unspecified atom stereocenters. The fourth-order valence-corrected chi connectivity index (χ4v) is 11.6. The van der Waals surface area contributed by atoms with E-state index in [1.165, 1.54) is 72.8 Å². The van der Waals surface area contributed by atoms with Crippen molar-refractivity contribution in [2.75, 3.05) is 27.8 Å². The fourth-order valence-electron chi connectivity index (χ4n) is 11.2. The summed E-state index contributed by atoms with van der Waals surface area (Å²) in [6, 6.07) is 1.37. The third kappa shape index (κ3) is 22.7. The van der Waals surface area contributed by atoms with Gasteiger partial charge in [0.05, 0.1) is 65.9 Å². The van der Waals surface area contributed by atoms with Crippen LogP contribution in [0.5, 0.6) is 17.2 Å². The first kappa shape index (κ1) is 76.3. The Morgan fingerprint density at radius 1 is 0.774 bits per heavy atom. The third-order valence-electron chi connectivity index (χ3n) is 16.4. The van der Waals surface area contributed by atoms with Crippen molar-refractivity contribution in [2.24, 2.45) is 23.7 Å². The largest absolute Gasteiger partial charge is 0.504 e. The quantitative estimate of drug-likeness (QED) is 0.0245. The Morgan fingerprint density at radius 2 is 1.32 bits per heavy atom. The monoisotopic (exact) mass is 1230 g/mol. The van der Waals surface area contributed by atoms with Crippen LogP contribution < -0.4 is 0 Å². The number of aromatic hydroxyl groups is 3. The zero-order valence-electron chi connectivity index (χ0n) is 52.2. The molecule has 0 bridgehead atoms. The average Bonchev–Trinajstić information content (AvgIpc) is 3.63. The Kier molecular flexibility index (Phi) is 31.5. The minimum atomic E-state index is -4.23. The van der Waals surface area contributed by atoms with Crippen LogP contribution in [0.3, 0.4) is 0 Å². The molecule has 3 aliphatic rings. The lowest BCUT2D eigenvalue weighted by Gasteiger charge is -2.49. The van der Waals surface area contributed by atoms with E-state index in [-0.39, 0.29) is 50.0 Å². The summed E-state index contributed by atoms with van der Waals surface area (Å²) in [5, 5.41) is 81.5. The molecule has 3 heterocycles. The second-order valence-electron chi connectivity index (χ2n) is 23.9. The summed E-state index contributed by atoms with van der Waals surface area (Å²) in [6.45, 7) is 20.3. The summed E-state index contributed by atoms with van der Waals surface area (Å²) in [5.74, 6) is -8.92. The molecule has 488 valence electrons. The topological polar surface area (TPSA) is 362 Å². The highest BCUT2D eigenvalue weighted by Gasteiger charge is 2.54. The van der Waals surface area contributed by atoms with E-state index >= 15 is 0 Å². The number of aromatic carboxylic acids is 1. The summed E-state index contributed by atoms with van der Waals surface area (Å²) >= 11 is 0. The molecule has 24 nitrogen and oxygen atoms in total. The van der Waals surface area contributed by atoms with Gasteiger partial charge in [0.1, 0.15) is 23.6 Å². The van der Waals surface area contributed by atoms with Crippen LogP contribution in [-0.4, -0.2) is 194 Å². The average molecular weight is 1230 g/mol. The minimum absolute atomic E-state index is 0.0760. The normalized spacial score (nSPS) is 34.5. The Morgan fingerprint density at radius 3 is 1.81 bits per heavy atom. The molecule has 0 aliphatic carbocycles. The number of benzene rings is 1. The number of Topliss-reactive ketones (excluding diaryl/α,β-unsaturated/α-hetero) is 1. The molecule has 3 saturated heterocycles. The van der Waals surface area contributed by atoms with Gasteiger partial charge in [0.2, 0.25) is 0 Å². The summed E-state index contributed by atoms with van der Waals surface area (Å²) < 4.78 is 76.6. The molecule has 0 spiro atoms. The van der Waals surface area contributed by atoms with Gasteiger partial charge in [-0.3, -0.25) is 18.9 Å². The number of carboxylic acids is 1. The van der Waals surface area contributed by atoms with Gasteiger partial charge in [-0.25, -0.2) is 8.98 Å². The highest BCUT2D eigenvalue weighted by Crippen LogP contribution is 2.42. The third-order valence-corrected chi connectivity index (χ3v) is 16.9. The number of aliphatic hydroxyl groups is 4. The van der Waals surface area contributed by atoms with Gasteiger partial charge in [0.25, 0.3) is 0 Å². The molecule has 18 atom stereocenters. The van der Waals surface area contributed by atoms with Crippen molar-refractivity contribution in [3.8, 4) is 17.2 Å². The van der Waals surface area contributed by atoms with Crippen molar-refractivity contribution in [1.29, 1.82) is 0 Å². The molecule has 0 radical (unpaired) electrons. The predicted octanol–water partition coefficient (Wildman–Crippen LogP) is 6.97. The Balaban J connectivity index is 0.000000672. The molecule has 0 saturated carbocycles. The maximum atomic E-state index is 14.2. The highest BCUT2D eigenvalue weighted by atomic mass is 32.3. The van der Waals surface area contributed by atoms with Gasteiger partial charge in [0.15, 0.2) is 35.9 Å². The number of likely N-dealkylation sites (N-methyl/N-ethyl adjacent to an activating group) is 1. The zero-order valence-corrected chi connectivity index (χ0v) is 53.0. The van der Waals surface area contributed by atoms with Gasteiger partial charge in [-0.05, 0) is 93.5 Å². The highest BCUT2D eigenvalue weighted by molar-refractivity contribution is 7.80. The van der Waals surface area contributed by atoms with Crippen LogP contribution in [0.1, 0.15) is 190 Å². The number of hydrogen-bond donors (Lipinski definition) is 9. The maximum Gasteiger partial charge on any atom is 0.397 e. The molecular weight excluding hydrogens is 1120 g/mol. The van der Waals surface area contributed by atoms with Crippen LogP contribution in [-0.2, 0) is 62.1 Å². The molecule has 84 heavy (non-hydrogen) atoms. The number of carboxylic acid groups (broad SMARTS) is 1. The van der Waals surface area contributed by atoms with Crippen molar-refractivity contribution in [1.82, 2.24) is 4.90 Å². The number of ketones is 1. The van der Waals surface area contributed by atoms with Crippen molar-refractivity contribution >= 4 is 34.1 Å². The molecule has 9 N–H and O–H groups in total. The van der Waals surface area contributed by atoms with E-state index in [1.807, 2.05) is 25.9 Å². The van der Waals surface area contributed by atoms with Crippen molar-refractivity contribution in [2.45, 2.75) is 264 Å². The number of unbranched alkanes of at least 4 members (excludes halogenated alkanes) is 9. The number of rotatable bonds is 22. The van der Waals surface area contributed by atoms with Crippen LogP contribution in [0.15, 0.2) is 12.1 Å². The van der Waals surface area contributed by atoms with Gasteiger partial charge in [-0.15, -0.1) is 0 Å². The molecule has 0 amide bonds. The lowest BCUT2D eigenvalue weighted by molar-refractivity contribution is -0.319. The number of carbonyl (C=O) groups is 4. The van der Waals surface area contributed by atoms with Crippen LogP contribution in [0.2, 0.25) is 0 Å². The van der Waals surface area contributed by atoms with Gasteiger partial charge >= 0.3 is 28.3 Å². The maximum absolute atomic E-state index is 14.2. The molecule has 0 aromatic heterocycles.